The number of carbonyl (C=O) groups is 1. The highest BCUT2D eigenvalue weighted by Gasteiger charge is 2.04. The minimum absolute atomic E-state index is 0.0771. The lowest BCUT2D eigenvalue weighted by atomic mass is 10.1. The van der Waals surface area contributed by atoms with Crippen molar-refractivity contribution in [2.45, 2.75) is 6.42 Å². The molecule has 0 saturated heterocycles. The van der Waals surface area contributed by atoms with Crippen molar-refractivity contribution >= 4 is 16.9 Å². The maximum atomic E-state index is 11.9. The number of hydrogen-bond donors (Lipinski definition) is 3. The molecule has 0 aliphatic carbocycles. The molecule has 5 heteroatoms. The van der Waals surface area contributed by atoms with Crippen molar-refractivity contribution in [1.82, 2.24) is 15.3 Å². The topological polar surface area (TPSA) is 77.8 Å². The highest BCUT2D eigenvalue weighted by molar-refractivity contribution is 5.94. The van der Waals surface area contributed by atoms with Crippen LogP contribution >= 0.6 is 0 Å². The van der Waals surface area contributed by atoms with E-state index in [4.69, 9.17) is 0 Å². The molecule has 0 unspecified atom stereocenters. The summed E-state index contributed by atoms with van der Waals surface area (Å²) >= 11 is 0. The first-order valence-electron chi connectivity index (χ1n) is 6.76. The molecule has 0 saturated carbocycles. The van der Waals surface area contributed by atoms with Crippen molar-refractivity contribution in [2.75, 3.05) is 6.54 Å². The highest BCUT2D eigenvalue weighted by atomic mass is 16.1. The molecule has 1 amide bonds. The van der Waals surface area contributed by atoms with Gasteiger partial charge in [0.25, 0.3) is 5.91 Å². The zero-order valence-corrected chi connectivity index (χ0v) is 11.3. The maximum absolute atomic E-state index is 11.9. The quantitative estimate of drug-likeness (QED) is 0.682. The molecule has 0 fully saturated rings. The number of benzene rings is 2. The number of H-pyrrole nitrogens is 2. The van der Waals surface area contributed by atoms with Gasteiger partial charge in [0.15, 0.2) is 0 Å². The Morgan fingerprint density at radius 2 is 1.76 bits per heavy atom. The van der Waals surface area contributed by atoms with E-state index in [-0.39, 0.29) is 11.6 Å². The molecule has 0 aliphatic rings. The van der Waals surface area contributed by atoms with Crippen LogP contribution in [-0.4, -0.2) is 22.4 Å². The van der Waals surface area contributed by atoms with Crippen molar-refractivity contribution in [2.24, 2.45) is 0 Å². The predicted molar refractivity (Wildman–Crippen MR) is 81.4 cm³/mol. The lowest BCUT2D eigenvalue weighted by molar-refractivity contribution is 0.0954. The molecule has 5 nitrogen and oxygen atoms in total. The zero-order chi connectivity index (χ0) is 14.7. The second kappa shape index (κ2) is 5.66. The van der Waals surface area contributed by atoms with Gasteiger partial charge in [-0.1, -0.05) is 24.3 Å². The third-order valence-electron chi connectivity index (χ3n) is 3.32. The minimum atomic E-state index is -0.209. The van der Waals surface area contributed by atoms with Crippen LogP contribution in [0.3, 0.4) is 0 Å². The summed E-state index contributed by atoms with van der Waals surface area (Å²) in [5, 5.41) is 2.88. The predicted octanol–water partition coefficient (Wildman–Crippen LogP) is 1.83. The van der Waals surface area contributed by atoms with Crippen molar-refractivity contribution in [3.63, 3.8) is 0 Å². The van der Waals surface area contributed by atoms with E-state index in [1.807, 2.05) is 36.4 Å². The fraction of sp³-hybridized carbons (Fsp3) is 0.125. The molecule has 0 radical (unpaired) electrons. The van der Waals surface area contributed by atoms with E-state index in [2.05, 4.69) is 15.3 Å². The summed E-state index contributed by atoms with van der Waals surface area (Å²) in [7, 11) is 0. The van der Waals surface area contributed by atoms with Gasteiger partial charge < -0.3 is 15.3 Å². The van der Waals surface area contributed by atoms with Crippen LogP contribution in [0.5, 0.6) is 0 Å². The average molecular weight is 281 g/mol. The number of carbonyl (C=O) groups excluding carboxylic acids is 1. The molecule has 3 aromatic rings. The number of aromatic amines is 2. The Labute approximate surface area is 121 Å². The first kappa shape index (κ1) is 13.2. The summed E-state index contributed by atoms with van der Waals surface area (Å²) in [6.07, 6.45) is 0.710. The molecular formula is C16H15N3O2. The van der Waals surface area contributed by atoms with Crippen molar-refractivity contribution in [3.8, 4) is 0 Å². The van der Waals surface area contributed by atoms with Crippen LogP contribution in [0.2, 0.25) is 0 Å². The van der Waals surface area contributed by atoms with Crippen LogP contribution in [0.1, 0.15) is 15.9 Å². The number of rotatable bonds is 4. The fourth-order valence-electron chi connectivity index (χ4n) is 2.25. The largest absolute Gasteiger partial charge is 0.352 e. The van der Waals surface area contributed by atoms with Gasteiger partial charge in [-0.2, -0.15) is 0 Å². The Balaban J connectivity index is 1.61. The molecule has 0 spiro atoms. The first-order valence-corrected chi connectivity index (χ1v) is 6.76. The van der Waals surface area contributed by atoms with E-state index in [1.54, 1.807) is 12.1 Å². The summed E-state index contributed by atoms with van der Waals surface area (Å²) in [5.41, 5.74) is 3.08. The van der Waals surface area contributed by atoms with Gasteiger partial charge in [0, 0.05) is 12.1 Å². The van der Waals surface area contributed by atoms with Crippen molar-refractivity contribution in [3.05, 3.63) is 70.1 Å². The average Bonchev–Trinajstić information content (AvgIpc) is 2.87. The maximum Gasteiger partial charge on any atom is 0.323 e. The van der Waals surface area contributed by atoms with Gasteiger partial charge in [-0.3, -0.25) is 4.79 Å². The van der Waals surface area contributed by atoms with Gasteiger partial charge in [-0.05, 0) is 36.2 Å². The van der Waals surface area contributed by atoms with Crippen molar-refractivity contribution in [1.29, 1.82) is 0 Å². The lowest BCUT2D eigenvalue weighted by Gasteiger charge is -2.05. The minimum Gasteiger partial charge on any atom is -0.352 e. The molecule has 106 valence electrons. The number of fused-ring (bicyclic) bond motifs is 1. The van der Waals surface area contributed by atoms with Gasteiger partial charge in [0.05, 0.1) is 11.0 Å². The van der Waals surface area contributed by atoms with Gasteiger partial charge in [-0.25, -0.2) is 4.79 Å². The lowest BCUT2D eigenvalue weighted by Crippen LogP contribution is -2.25. The van der Waals surface area contributed by atoms with E-state index in [0.717, 1.165) is 16.6 Å². The molecule has 0 aliphatic heterocycles. The summed E-state index contributed by atoms with van der Waals surface area (Å²) in [6.45, 7) is 0.549. The first-order chi connectivity index (χ1) is 10.2. The molecule has 0 atom stereocenters. The van der Waals surface area contributed by atoms with E-state index < -0.39 is 0 Å². The Morgan fingerprint density at radius 3 is 2.57 bits per heavy atom. The molecular weight excluding hydrogens is 266 g/mol. The molecule has 21 heavy (non-hydrogen) atoms. The van der Waals surface area contributed by atoms with Crippen LogP contribution in [0, 0.1) is 0 Å². The van der Waals surface area contributed by atoms with E-state index in [0.29, 0.717) is 18.5 Å². The number of imidazole rings is 1. The highest BCUT2D eigenvalue weighted by Crippen LogP contribution is 2.10. The standard InChI is InChI=1S/C16H15N3O2/c20-15(12-4-2-1-3-5-12)17-9-8-11-6-7-13-14(10-11)19-16(21)18-13/h1-7,10H,8-9H2,(H,17,20)(H2,18,19,21). The summed E-state index contributed by atoms with van der Waals surface area (Å²) in [4.78, 5) is 28.5. The van der Waals surface area contributed by atoms with Crippen LogP contribution < -0.4 is 11.0 Å². The summed E-state index contributed by atoms with van der Waals surface area (Å²) in [5.74, 6) is -0.0771. The number of hydrogen-bond acceptors (Lipinski definition) is 2. The second-order valence-corrected chi connectivity index (χ2v) is 4.83. The van der Waals surface area contributed by atoms with E-state index in [9.17, 15) is 9.59 Å². The summed E-state index contributed by atoms with van der Waals surface area (Å²) in [6, 6.07) is 14.8. The Bertz CT molecular complexity index is 818. The number of aromatic nitrogens is 2. The zero-order valence-electron chi connectivity index (χ0n) is 11.3. The third kappa shape index (κ3) is 3.02. The number of amides is 1. The molecule has 2 aromatic carbocycles. The van der Waals surface area contributed by atoms with E-state index >= 15 is 0 Å². The monoisotopic (exact) mass is 281 g/mol. The van der Waals surface area contributed by atoms with Gasteiger partial charge in [0.1, 0.15) is 0 Å². The van der Waals surface area contributed by atoms with Crippen LogP contribution in [0.4, 0.5) is 0 Å². The Hall–Kier alpha value is -2.82. The Morgan fingerprint density at radius 1 is 1.00 bits per heavy atom. The summed E-state index contributed by atoms with van der Waals surface area (Å²) < 4.78 is 0. The van der Waals surface area contributed by atoms with Crippen LogP contribution in [-0.2, 0) is 6.42 Å². The second-order valence-electron chi connectivity index (χ2n) is 4.83. The van der Waals surface area contributed by atoms with Crippen LogP contribution in [0.25, 0.3) is 11.0 Å². The van der Waals surface area contributed by atoms with E-state index in [1.165, 1.54) is 0 Å². The number of nitrogens with one attached hydrogen (secondary N) is 3. The fourth-order valence-corrected chi connectivity index (χ4v) is 2.25. The van der Waals surface area contributed by atoms with Gasteiger partial charge in [0.2, 0.25) is 0 Å². The molecule has 3 rings (SSSR count). The normalized spacial score (nSPS) is 10.7. The Kier molecular flexibility index (Phi) is 3.55. The van der Waals surface area contributed by atoms with Crippen LogP contribution in [0.15, 0.2) is 53.3 Å². The molecule has 1 heterocycles. The third-order valence-corrected chi connectivity index (χ3v) is 3.32. The SMILES string of the molecule is O=C(NCCc1ccc2[nH]c(=O)[nH]c2c1)c1ccccc1. The smallest absolute Gasteiger partial charge is 0.323 e. The molecule has 1 aromatic heterocycles. The molecule has 0 bridgehead atoms. The molecule has 3 N–H and O–H groups in total. The van der Waals surface area contributed by atoms with Gasteiger partial charge in [-0.15, -0.1) is 0 Å². The van der Waals surface area contributed by atoms with Crippen molar-refractivity contribution < 1.29 is 4.79 Å². The van der Waals surface area contributed by atoms with Gasteiger partial charge >= 0.3 is 5.69 Å².